The topological polar surface area (TPSA) is 24.9 Å². The van der Waals surface area contributed by atoms with Crippen LogP contribution in [0.4, 0.5) is 4.39 Å². The molecular formula is C13H15FN2. The fourth-order valence-electron chi connectivity index (χ4n) is 2.77. The second-order valence-electron chi connectivity index (χ2n) is 4.57. The van der Waals surface area contributed by atoms with Gasteiger partial charge in [0.1, 0.15) is 0 Å². The molecule has 3 heteroatoms. The molecule has 16 heavy (non-hydrogen) atoms. The standard InChI is InChI=1S/C13H15FN2/c14-13-11(5-2-8-15-13)10-4-1-3-9-6-7-12(10)16-9/h2,4-5,8-9,12,16H,1,3,6-7H2. The second-order valence-corrected chi connectivity index (χ2v) is 4.57. The molecule has 3 rings (SSSR count). The normalized spacial score (nSPS) is 28.7. The van der Waals surface area contributed by atoms with E-state index >= 15 is 0 Å². The van der Waals surface area contributed by atoms with Gasteiger partial charge in [0.15, 0.2) is 0 Å². The summed E-state index contributed by atoms with van der Waals surface area (Å²) in [4.78, 5) is 3.73. The molecule has 0 aromatic carbocycles. The Bertz CT molecular complexity index is 428. The smallest absolute Gasteiger partial charge is 0.220 e. The van der Waals surface area contributed by atoms with Crippen LogP contribution in [0.15, 0.2) is 24.4 Å². The Morgan fingerprint density at radius 3 is 3.12 bits per heavy atom. The van der Waals surface area contributed by atoms with Gasteiger partial charge in [-0.25, -0.2) is 4.98 Å². The van der Waals surface area contributed by atoms with Crippen LogP contribution in [0.3, 0.4) is 0 Å². The number of hydrogen-bond donors (Lipinski definition) is 1. The van der Waals surface area contributed by atoms with E-state index in [0.717, 1.165) is 18.4 Å². The summed E-state index contributed by atoms with van der Waals surface area (Å²) in [6.45, 7) is 0. The molecule has 2 nitrogen and oxygen atoms in total. The zero-order valence-electron chi connectivity index (χ0n) is 9.12. The van der Waals surface area contributed by atoms with Gasteiger partial charge in [-0.1, -0.05) is 6.08 Å². The molecule has 84 valence electrons. The first-order valence-corrected chi connectivity index (χ1v) is 5.91. The summed E-state index contributed by atoms with van der Waals surface area (Å²) in [5.41, 5.74) is 1.77. The average molecular weight is 218 g/mol. The zero-order chi connectivity index (χ0) is 11.0. The van der Waals surface area contributed by atoms with Crippen LogP contribution < -0.4 is 5.32 Å². The largest absolute Gasteiger partial charge is 0.307 e. The Hall–Kier alpha value is -1.22. The van der Waals surface area contributed by atoms with Crippen molar-refractivity contribution in [3.63, 3.8) is 0 Å². The molecular weight excluding hydrogens is 203 g/mol. The predicted molar refractivity (Wildman–Crippen MR) is 61.4 cm³/mol. The number of fused-ring (bicyclic) bond motifs is 2. The van der Waals surface area contributed by atoms with E-state index in [2.05, 4.69) is 16.4 Å². The van der Waals surface area contributed by atoms with E-state index in [0.29, 0.717) is 17.6 Å². The van der Waals surface area contributed by atoms with Crippen LogP contribution in [-0.2, 0) is 0 Å². The van der Waals surface area contributed by atoms with Gasteiger partial charge in [-0.3, -0.25) is 0 Å². The predicted octanol–water partition coefficient (Wildman–Crippen LogP) is 2.52. The van der Waals surface area contributed by atoms with Gasteiger partial charge in [-0.05, 0) is 43.4 Å². The SMILES string of the molecule is Fc1ncccc1C1=CCCC2CCC1N2. The van der Waals surface area contributed by atoms with Crippen molar-refractivity contribution in [2.45, 2.75) is 37.8 Å². The quantitative estimate of drug-likeness (QED) is 0.733. The summed E-state index contributed by atoms with van der Waals surface area (Å²) in [6.07, 6.45) is 8.21. The van der Waals surface area contributed by atoms with Crippen LogP contribution in [0.2, 0.25) is 0 Å². The highest BCUT2D eigenvalue weighted by molar-refractivity contribution is 5.70. The summed E-state index contributed by atoms with van der Waals surface area (Å²) in [5.74, 6) is -0.346. The molecule has 1 aromatic heterocycles. The second kappa shape index (κ2) is 3.98. The zero-order valence-corrected chi connectivity index (χ0v) is 9.12. The lowest BCUT2D eigenvalue weighted by Crippen LogP contribution is -2.28. The van der Waals surface area contributed by atoms with E-state index in [1.165, 1.54) is 19.0 Å². The molecule has 2 bridgehead atoms. The van der Waals surface area contributed by atoms with Gasteiger partial charge in [0.25, 0.3) is 0 Å². The molecule has 1 aromatic rings. The number of nitrogens with one attached hydrogen (secondary N) is 1. The van der Waals surface area contributed by atoms with Crippen molar-refractivity contribution in [1.29, 1.82) is 0 Å². The van der Waals surface area contributed by atoms with Crippen molar-refractivity contribution in [1.82, 2.24) is 10.3 Å². The average Bonchev–Trinajstić information content (AvgIpc) is 2.63. The van der Waals surface area contributed by atoms with Gasteiger partial charge in [0.05, 0.1) is 0 Å². The van der Waals surface area contributed by atoms with E-state index in [1.807, 2.05) is 6.07 Å². The maximum absolute atomic E-state index is 13.7. The molecule has 2 atom stereocenters. The van der Waals surface area contributed by atoms with E-state index in [9.17, 15) is 4.39 Å². The van der Waals surface area contributed by atoms with Gasteiger partial charge in [-0.2, -0.15) is 4.39 Å². The third-order valence-electron chi connectivity index (χ3n) is 3.57. The summed E-state index contributed by atoms with van der Waals surface area (Å²) < 4.78 is 13.7. The van der Waals surface area contributed by atoms with Crippen LogP contribution in [0.25, 0.3) is 5.57 Å². The van der Waals surface area contributed by atoms with Crippen molar-refractivity contribution < 1.29 is 4.39 Å². The minimum Gasteiger partial charge on any atom is -0.307 e. The number of rotatable bonds is 1. The third-order valence-corrected chi connectivity index (χ3v) is 3.57. The van der Waals surface area contributed by atoms with E-state index in [1.54, 1.807) is 6.07 Å². The molecule has 0 saturated carbocycles. The Morgan fingerprint density at radius 2 is 2.25 bits per heavy atom. The van der Waals surface area contributed by atoms with Crippen molar-refractivity contribution in [3.05, 3.63) is 35.9 Å². The highest BCUT2D eigenvalue weighted by Crippen LogP contribution is 2.32. The van der Waals surface area contributed by atoms with Gasteiger partial charge >= 0.3 is 0 Å². The van der Waals surface area contributed by atoms with Crippen molar-refractivity contribution in [3.8, 4) is 0 Å². The van der Waals surface area contributed by atoms with Crippen molar-refractivity contribution >= 4 is 5.57 Å². The molecule has 1 N–H and O–H groups in total. The number of nitrogens with zero attached hydrogens (tertiary/aromatic N) is 1. The van der Waals surface area contributed by atoms with Gasteiger partial charge in [0.2, 0.25) is 5.95 Å². The summed E-state index contributed by atoms with van der Waals surface area (Å²) in [7, 11) is 0. The van der Waals surface area contributed by atoms with E-state index < -0.39 is 0 Å². The summed E-state index contributed by atoms with van der Waals surface area (Å²) in [6, 6.07) is 4.58. The van der Waals surface area contributed by atoms with Crippen molar-refractivity contribution in [2.75, 3.05) is 0 Å². The monoisotopic (exact) mass is 218 g/mol. The van der Waals surface area contributed by atoms with E-state index in [4.69, 9.17) is 0 Å². The van der Waals surface area contributed by atoms with Gasteiger partial charge in [-0.15, -0.1) is 0 Å². The fraction of sp³-hybridized carbons (Fsp3) is 0.462. The van der Waals surface area contributed by atoms with Crippen LogP contribution in [0, 0.1) is 5.95 Å². The van der Waals surface area contributed by atoms with Crippen molar-refractivity contribution in [2.24, 2.45) is 0 Å². The Morgan fingerprint density at radius 1 is 1.31 bits per heavy atom. The molecule has 0 spiro atoms. The lowest BCUT2D eigenvalue weighted by Gasteiger charge is -2.15. The number of hydrogen-bond acceptors (Lipinski definition) is 2. The number of aromatic nitrogens is 1. The van der Waals surface area contributed by atoms with Crippen LogP contribution in [0.5, 0.6) is 0 Å². The molecule has 2 aliphatic rings. The highest BCUT2D eigenvalue weighted by atomic mass is 19.1. The molecule has 0 aliphatic carbocycles. The maximum atomic E-state index is 13.7. The summed E-state index contributed by atoms with van der Waals surface area (Å²) in [5, 5.41) is 3.57. The maximum Gasteiger partial charge on any atom is 0.220 e. The molecule has 2 aliphatic heterocycles. The molecule has 3 heterocycles. The minimum atomic E-state index is -0.346. The van der Waals surface area contributed by atoms with Crippen LogP contribution in [-0.4, -0.2) is 17.1 Å². The molecule has 0 amide bonds. The molecule has 1 saturated heterocycles. The Balaban J connectivity index is 1.99. The third kappa shape index (κ3) is 1.65. The number of pyridine rings is 1. The fourth-order valence-corrected chi connectivity index (χ4v) is 2.77. The molecule has 2 unspecified atom stereocenters. The Labute approximate surface area is 94.6 Å². The van der Waals surface area contributed by atoms with Crippen LogP contribution >= 0.6 is 0 Å². The Kier molecular flexibility index (Phi) is 2.48. The van der Waals surface area contributed by atoms with Crippen LogP contribution in [0.1, 0.15) is 31.2 Å². The summed E-state index contributed by atoms with van der Waals surface area (Å²) >= 11 is 0. The molecule has 0 radical (unpaired) electrons. The first-order valence-electron chi connectivity index (χ1n) is 5.91. The van der Waals surface area contributed by atoms with Gasteiger partial charge in [0, 0.05) is 23.8 Å². The lowest BCUT2D eigenvalue weighted by molar-refractivity contribution is 0.557. The number of allylic oxidation sites excluding steroid dienone is 1. The highest BCUT2D eigenvalue weighted by Gasteiger charge is 2.29. The van der Waals surface area contributed by atoms with Gasteiger partial charge < -0.3 is 5.32 Å². The first-order chi connectivity index (χ1) is 7.84. The lowest BCUT2D eigenvalue weighted by atomic mass is 9.95. The van der Waals surface area contributed by atoms with E-state index in [-0.39, 0.29) is 5.95 Å². The minimum absolute atomic E-state index is 0.325. The number of halogens is 1. The molecule has 1 fully saturated rings. The first kappa shape index (κ1) is 9.97.